The zero-order valence-corrected chi connectivity index (χ0v) is 6.11. The topological polar surface area (TPSA) is 37.3 Å². The van der Waals surface area contributed by atoms with Crippen molar-refractivity contribution in [3.8, 4) is 0 Å². The molecule has 0 aliphatic heterocycles. The number of hydrogen-bond donors (Lipinski definition) is 1. The predicted molar refractivity (Wildman–Crippen MR) is 33.4 cm³/mol. The summed E-state index contributed by atoms with van der Waals surface area (Å²) >= 11 is 0. The number of hydrogen-bond acceptors (Lipinski definition) is 2. The van der Waals surface area contributed by atoms with E-state index in [4.69, 9.17) is 5.11 Å². The Morgan fingerprint density at radius 3 is 2.25 bits per heavy atom. The third-order valence-electron chi connectivity index (χ3n) is 0.971. The first-order valence-corrected chi connectivity index (χ1v) is 3.39. The van der Waals surface area contributed by atoms with Gasteiger partial charge in [-0.1, -0.05) is 0 Å². The van der Waals surface area contributed by atoms with Crippen LogP contribution in [0.25, 0.3) is 0 Å². The van der Waals surface area contributed by atoms with Crippen LogP contribution < -0.4 is 0 Å². The van der Waals surface area contributed by atoms with Crippen molar-refractivity contribution in [2.45, 2.75) is 25.4 Å². The zero-order valence-electron chi connectivity index (χ0n) is 5.22. The number of aliphatic hydroxyl groups is 1. The highest BCUT2D eigenvalue weighted by Crippen LogP contribution is 2.24. The third kappa shape index (κ3) is 3.11. The van der Waals surface area contributed by atoms with E-state index in [-0.39, 0.29) is 20.2 Å². The van der Waals surface area contributed by atoms with E-state index in [2.05, 4.69) is 0 Å². The van der Waals surface area contributed by atoms with Crippen LogP contribution in [0.3, 0.4) is 0 Å². The van der Waals surface area contributed by atoms with Crippen LogP contribution in [0.15, 0.2) is 0 Å². The molecule has 0 rings (SSSR count). The fraction of sp³-hybridized carbons (Fsp3) is 1.00. The van der Waals surface area contributed by atoms with E-state index >= 15 is 0 Å². The molecule has 0 aliphatic rings. The van der Waals surface area contributed by atoms with Gasteiger partial charge in [-0.3, -0.25) is 4.57 Å². The van der Waals surface area contributed by atoms with Crippen LogP contribution in [0.4, 0.5) is 0 Å². The molecule has 0 unspecified atom stereocenters. The van der Waals surface area contributed by atoms with E-state index in [1.54, 1.807) is 0 Å². The average molecular weight is 134 g/mol. The summed E-state index contributed by atoms with van der Waals surface area (Å²) in [6.45, 7) is 3.80. The van der Waals surface area contributed by atoms with Gasteiger partial charge in [0.1, 0.15) is 0 Å². The zero-order chi connectivity index (χ0) is 6.62. The smallest absolute Gasteiger partial charge is 0.161 e. The van der Waals surface area contributed by atoms with Crippen molar-refractivity contribution < 1.29 is 9.67 Å². The number of aliphatic hydroxyl groups excluding tert-OH is 1. The largest absolute Gasteiger partial charge is 0.396 e. The average Bonchev–Trinajstić information content (AvgIpc) is 1.67. The Hall–Kier alpha value is 0.0600. The van der Waals surface area contributed by atoms with Gasteiger partial charge in [0.25, 0.3) is 0 Å². The maximum atomic E-state index is 10.2. The third-order valence-corrected chi connectivity index (χ3v) is 1.69. The molecule has 2 nitrogen and oxygen atoms in total. The second kappa shape index (κ2) is 3.16. The SMILES string of the molecule is CC(C)(CCO)P=O. The molecular formula is C5H11O2P. The maximum Gasteiger partial charge on any atom is 0.161 e. The molecule has 1 N–H and O–H groups in total. The molecule has 0 aromatic heterocycles. The minimum Gasteiger partial charge on any atom is -0.396 e. The molecule has 0 aromatic carbocycles. The van der Waals surface area contributed by atoms with Crippen LogP contribution in [-0.2, 0) is 4.57 Å². The standard InChI is InChI=1S/C5H11O2P/c1-5(2,8-7)3-4-6/h6H,3-4H2,1-2H3. The fourth-order valence-corrected chi connectivity index (χ4v) is 0.511. The minimum absolute atomic E-state index is 0.111. The molecule has 48 valence electrons. The molecule has 3 heteroatoms. The Balaban J connectivity index is 3.53. The Kier molecular flexibility index (Phi) is 3.18. The summed E-state index contributed by atoms with van der Waals surface area (Å²) in [4.78, 5) is 0. The van der Waals surface area contributed by atoms with Crippen LogP contribution in [0.1, 0.15) is 20.3 Å². The Morgan fingerprint density at radius 1 is 1.62 bits per heavy atom. The molecule has 0 saturated carbocycles. The van der Waals surface area contributed by atoms with Gasteiger partial charge in [-0.2, -0.15) is 0 Å². The molecule has 0 saturated heterocycles. The van der Waals surface area contributed by atoms with Gasteiger partial charge < -0.3 is 5.11 Å². The summed E-state index contributed by atoms with van der Waals surface area (Å²) in [6, 6.07) is 0. The molecule has 0 spiro atoms. The van der Waals surface area contributed by atoms with Crippen molar-refractivity contribution in [1.82, 2.24) is 0 Å². The van der Waals surface area contributed by atoms with Crippen molar-refractivity contribution in [2.24, 2.45) is 0 Å². The van der Waals surface area contributed by atoms with Gasteiger partial charge >= 0.3 is 0 Å². The first kappa shape index (κ1) is 8.06. The summed E-state index contributed by atoms with van der Waals surface area (Å²) in [7, 11) is 0.111. The minimum atomic E-state index is -0.241. The van der Waals surface area contributed by atoms with Crippen LogP contribution in [0.2, 0.25) is 0 Å². The highest BCUT2D eigenvalue weighted by molar-refractivity contribution is 7.25. The van der Waals surface area contributed by atoms with Crippen molar-refractivity contribution in [3.63, 3.8) is 0 Å². The molecule has 0 aromatic rings. The summed E-state index contributed by atoms with van der Waals surface area (Å²) in [5, 5.41) is 8.15. The van der Waals surface area contributed by atoms with Crippen molar-refractivity contribution in [1.29, 1.82) is 0 Å². The van der Waals surface area contributed by atoms with Crippen molar-refractivity contribution in [3.05, 3.63) is 0 Å². The summed E-state index contributed by atoms with van der Waals surface area (Å²) < 4.78 is 10.2. The van der Waals surface area contributed by atoms with E-state index in [0.717, 1.165) is 0 Å². The molecule has 0 atom stereocenters. The molecule has 0 heterocycles. The fourth-order valence-electron chi connectivity index (χ4n) is 0.319. The van der Waals surface area contributed by atoms with Gasteiger partial charge in [0.2, 0.25) is 0 Å². The summed E-state index contributed by atoms with van der Waals surface area (Å²) in [5.41, 5.74) is 0. The molecule has 0 aliphatic carbocycles. The number of rotatable bonds is 3. The van der Waals surface area contributed by atoms with Crippen LogP contribution in [-0.4, -0.2) is 16.9 Å². The highest BCUT2D eigenvalue weighted by atomic mass is 31.1. The summed E-state index contributed by atoms with van der Waals surface area (Å²) in [5.74, 6) is 0. The van der Waals surface area contributed by atoms with Gasteiger partial charge in [0, 0.05) is 11.8 Å². The van der Waals surface area contributed by atoms with Gasteiger partial charge in [-0.15, -0.1) is 0 Å². The van der Waals surface area contributed by atoms with Crippen molar-refractivity contribution in [2.75, 3.05) is 6.61 Å². The van der Waals surface area contributed by atoms with Crippen LogP contribution in [0.5, 0.6) is 0 Å². The van der Waals surface area contributed by atoms with E-state index in [1.807, 2.05) is 13.8 Å². The van der Waals surface area contributed by atoms with E-state index in [9.17, 15) is 4.57 Å². The predicted octanol–water partition coefficient (Wildman–Crippen LogP) is 1.44. The molecule has 8 heavy (non-hydrogen) atoms. The lowest BCUT2D eigenvalue weighted by Crippen LogP contribution is -2.11. The lowest BCUT2D eigenvalue weighted by atomic mass is 10.1. The van der Waals surface area contributed by atoms with E-state index in [0.29, 0.717) is 6.42 Å². The molecule has 0 bridgehead atoms. The lowest BCUT2D eigenvalue weighted by molar-refractivity contribution is 0.273. The monoisotopic (exact) mass is 134 g/mol. The van der Waals surface area contributed by atoms with E-state index in [1.165, 1.54) is 0 Å². The molecular weight excluding hydrogens is 123 g/mol. The summed E-state index contributed by atoms with van der Waals surface area (Å²) in [6.07, 6.45) is 0.595. The van der Waals surface area contributed by atoms with E-state index < -0.39 is 0 Å². The van der Waals surface area contributed by atoms with Gasteiger partial charge in [0.05, 0.1) is 0 Å². The van der Waals surface area contributed by atoms with Crippen molar-refractivity contribution >= 4 is 8.46 Å². The first-order chi connectivity index (χ1) is 3.62. The van der Waals surface area contributed by atoms with Gasteiger partial charge in [-0.25, -0.2) is 0 Å². The first-order valence-electron chi connectivity index (χ1n) is 2.58. The molecule has 0 radical (unpaired) electrons. The lowest BCUT2D eigenvalue weighted by Gasteiger charge is -2.11. The second-order valence-corrected chi connectivity index (χ2v) is 3.77. The Morgan fingerprint density at radius 2 is 2.12 bits per heavy atom. The van der Waals surface area contributed by atoms with Crippen LogP contribution >= 0.6 is 8.46 Å². The quantitative estimate of drug-likeness (QED) is 0.593. The van der Waals surface area contributed by atoms with Crippen LogP contribution in [0, 0.1) is 0 Å². The second-order valence-electron chi connectivity index (χ2n) is 2.38. The molecule has 0 fully saturated rings. The van der Waals surface area contributed by atoms with Gasteiger partial charge in [-0.05, 0) is 20.3 Å². The Bertz CT molecular complexity index is 80.5. The normalized spacial score (nSPS) is 12.4. The molecule has 0 amide bonds. The Labute approximate surface area is 51.1 Å². The maximum absolute atomic E-state index is 10.2. The van der Waals surface area contributed by atoms with Gasteiger partial charge in [0.15, 0.2) is 8.46 Å². The highest BCUT2D eigenvalue weighted by Gasteiger charge is 2.15.